The van der Waals surface area contributed by atoms with Gasteiger partial charge >= 0.3 is 0 Å². The minimum absolute atomic E-state index is 0.0507. The molecule has 1 fully saturated rings. The zero-order valence-corrected chi connectivity index (χ0v) is 15.5. The summed E-state index contributed by atoms with van der Waals surface area (Å²) in [6.45, 7) is 11.2. The van der Waals surface area contributed by atoms with Gasteiger partial charge in [-0.2, -0.15) is 5.10 Å². The van der Waals surface area contributed by atoms with Gasteiger partial charge in [0.05, 0.1) is 23.4 Å². The Balaban J connectivity index is 1.69. The molecule has 1 atom stereocenters. The molecule has 132 valence electrons. The lowest BCUT2D eigenvalue weighted by Crippen LogP contribution is -2.47. The van der Waals surface area contributed by atoms with Gasteiger partial charge in [0.1, 0.15) is 0 Å². The van der Waals surface area contributed by atoms with Gasteiger partial charge < -0.3 is 5.11 Å². The Morgan fingerprint density at radius 1 is 1.21 bits per heavy atom. The highest BCUT2D eigenvalue weighted by Crippen LogP contribution is 2.31. The van der Waals surface area contributed by atoms with Crippen molar-refractivity contribution in [2.45, 2.75) is 70.7 Å². The van der Waals surface area contributed by atoms with Gasteiger partial charge in [0.2, 0.25) is 0 Å². The van der Waals surface area contributed by atoms with Gasteiger partial charge in [-0.15, -0.1) is 0 Å². The summed E-state index contributed by atoms with van der Waals surface area (Å²) >= 11 is 0. The summed E-state index contributed by atoms with van der Waals surface area (Å²) in [7, 11) is 0. The van der Waals surface area contributed by atoms with Crippen LogP contribution < -0.4 is 0 Å². The number of hydrogen-bond acceptors (Lipinski definition) is 4. The first kappa shape index (κ1) is 17.4. The van der Waals surface area contributed by atoms with E-state index >= 15 is 0 Å². The normalized spacial score (nSPS) is 24.5. The highest BCUT2D eigenvalue weighted by Gasteiger charge is 2.39. The molecule has 0 spiro atoms. The third kappa shape index (κ3) is 3.81. The fourth-order valence-electron chi connectivity index (χ4n) is 4.08. The van der Waals surface area contributed by atoms with Crippen molar-refractivity contribution in [2.75, 3.05) is 13.1 Å². The van der Waals surface area contributed by atoms with Gasteiger partial charge in [0.25, 0.3) is 0 Å². The van der Waals surface area contributed by atoms with E-state index in [1.165, 1.54) is 17.7 Å². The summed E-state index contributed by atoms with van der Waals surface area (Å²) in [4.78, 5) is 2.42. The maximum Gasteiger partial charge on any atom is 0.0746 e. The molecule has 0 aliphatic carbocycles. The summed E-state index contributed by atoms with van der Waals surface area (Å²) < 4.78 is 0. The highest BCUT2D eigenvalue weighted by molar-refractivity contribution is 5.88. The van der Waals surface area contributed by atoms with Gasteiger partial charge in [0.15, 0.2) is 0 Å². The fraction of sp³-hybridized carbons (Fsp3) is 0.650. The molecule has 0 aromatic heterocycles. The van der Waals surface area contributed by atoms with E-state index in [-0.39, 0.29) is 11.6 Å². The maximum absolute atomic E-state index is 10.4. The molecule has 0 saturated carbocycles. The minimum atomic E-state index is -0.644. The van der Waals surface area contributed by atoms with Crippen LogP contribution in [0, 0.1) is 0 Å². The predicted molar refractivity (Wildman–Crippen MR) is 99.0 cm³/mol. The Morgan fingerprint density at radius 2 is 1.92 bits per heavy atom. The van der Waals surface area contributed by atoms with Gasteiger partial charge in [-0.05, 0) is 52.6 Å². The summed E-state index contributed by atoms with van der Waals surface area (Å²) in [5.41, 5.74) is 1.95. The van der Waals surface area contributed by atoms with Crippen LogP contribution in [0.25, 0.3) is 0 Å². The first-order chi connectivity index (χ1) is 11.3. The summed E-state index contributed by atoms with van der Waals surface area (Å²) in [5.74, 6) is 0. The lowest BCUT2D eigenvalue weighted by molar-refractivity contribution is 0.00255. The standard InChI is InChI=1S/C20H31N3O/c1-19(2)13-17(15-22-12-8-11-18(22)20(3,4)24)21-23(19)14-16-9-6-5-7-10-16/h5-7,9-10,18,24H,8,11-15H2,1-4H3/t18-/m0/s1. The zero-order valence-electron chi connectivity index (χ0n) is 15.5. The second-order valence-electron chi connectivity index (χ2n) is 8.48. The first-order valence-corrected chi connectivity index (χ1v) is 9.10. The molecule has 2 aliphatic rings. The van der Waals surface area contributed by atoms with Crippen molar-refractivity contribution in [3.63, 3.8) is 0 Å². The molecule has 4 nitrogen and oxygen atoms in total. The fourth-order valence-corrected chi connectivity index (χ4v) is 4.08. The quantitative estimate of drug-likeness (QED) is 0.901. The number of benzene rings is 1. The third-order valence-corrected chi connectivity index (χ3v) is 5.34. The Labute approximate surface area is 146 Å². The van der Waals surface area contributed by atoms with E-state index in [0.29, 0.717) is 0 Å². The van der Waals surface area contributed by atoms with Crippen LogP contribution in [0.5, 0.6) is 0 Å². The Kier molecular flexibility index (Phi) is 4.71. The lowest BCUT2D eigenvalue weighted by atomic mass is 9.95. The van der Waals surface area contributed by atoms with Crippen LogP contribution in [-0.2, 0) is 6.54 Å². The molecule has 4 heteroatoms. The molecule has 1 saturated heterocycles. The van der Waals surface area contributed by atoms with E-state index in [0.717, 1.165) is 32.5 Å². The first-order valence-electron chi connectivity index (χ1n) is 9.10. The second-order valence-corrected chi connectivity index (χ2v) is 8.48. The molecular weight excluding hydrogens is 298 g/mol. The van der Waals surface area contributed by atoms with Gasteiger partial charge in [0, 0.05) is 19.0 Å². The van der Waals surface area contributed by atoms with Crippen LogP contribution in [0.4, 0.5) is 0 Å². The summed E-state index contributed by atoms with van der Waals surface area (Å²) in [6, 6.07) is 10.8. The van der Waals surface area contributed by atoms with E-state index in [1.807, 2.05) is 13.8 Å². The van der Waals surface area contributed by atoms with Gasteiger partial charge in [-0.3, -0.25) is 9.91 Å². The van der Waals surface area contributed by atoms with E-state index in [1.54, 1.807) is 0 Å². The van der Waals surface area contributed by atoms with Crippen LogP contribution in [0.3, 0.4) is 0 Å². The second kappa shape index (κ2) is 6.49. The number of hydrogen-bond donors (Lipinski definition) is 1. The van der Waals surface area contributed by atoms with Crippen LogP contribution in [0.15, 0.2) is 35.4 Å². The van der Waals surface area contributed by atoms with Crippen molar-refractivity contribution < 1.29 is 5.11 Å². The van der Waals surface area contributed by atoms with Gasteiger partial charge in [-0.1, -0.05) is 30.3 Å². The SMILES string of the molecule is CC(C)(O)[C@@H]1CCCN1CC1=NN(Cc2ccccc2)C(C)(C)C1. The third-order valence-electron chi connectivity index (χ3n) is 5.34. The number of rotatable bonds is 5. The van der Waals surface area contributed by atoms with E-state index < -0.39 is 5.60 Å². The van der Waals surface area contributed by atoms with Crippen molar-refractivity contribution >= 4 is 5.71 Å². The van der Waals surface area contributed by atoms with E-state index in [4.69, 9.17) is 5.10 Å². The molecule has 1 aromatic carbocycles. The molecule has 2 heterocycles. The summed E-state index contributed by atoms with van der Waals surface area (Å²) in [6.07, 6.45) is 3.24. The molecule has 24 heavy (non-hydrogen) atoms. The van der Waals surface area contributed by atoms with E-state index in [9.17, 15) is 5.11 Å². The molecule has 0 bridgehead atoms. The minimum Gasteiger partial charge on any atom is -0.389 e. The Bertz CT molecular complexity index is 589. The molecule has 2 aliphatic heterocycles. The van der Waals surface area contributed by atoms with Crippen molar-refractivity contribution in [2.24, 2.45) is 5.10 Å². The lowest BCUT2D eigenvalue weighted by Gasteiger charge is -2.33. The summed E-state index contributed by atoms with van der Waals surface area (Å²) in [5, 5.41) is 17.6. The largest absolute Gasteiger partial charge is 0.389 e. The zero-order chi connectivity index (χ0) is 17.4. The van der Waals surface area contributed by atoms with Crippen LogP contribution >= 0.6 is 0 Å². The predicted octanol–water partition coefficient (Wildman–Crippen LogP) is 3.26. The average Bonchev–Trinajstić information content (AvgIpc) is 3.05. The monoisotopic (exact) mass is 329 g/mol. The average molecular weight is 329 g/mol. The molecule has 0 radical (unpaired) electrons. The van der Waals surface area contributed by atoms with Crippen LogP contribution in [0.1, 0.15) is 52.5 Å². The highest BCUT2D eigenvalue weighted by atomic mass is 16.3. The van der Waals surface area contributed by atoms with Crippen LogP contribution in [-0.4, -0.2) is 51.0 Å². The topological polar surface area (TPSA) is 39.1 Å². The molecular formula is C20H31N3O. The molecule has 0 amide bonds. The smallest absolute Gasteiger partial charge is 0.0746 e. The van der Waals surface area contributed by atoms with Crippen molar-refractivity contribution in [3.05, 3.63) is 35.9 Å². The van der Waals surface area contributed by atoms with Crippen molar-refractivity contribution in [1.29, 1.82) is 0 Å². The molecule has 1 aromatic rings. The number of hydrazone groups is 1. The Hall–Kier alpha value is -1.39. The Morgan fingerprint density at radius 3 is 2.58 bits per heavy atom. The number of nitrogens with zero attached hydrogens (tertiary/aromatic N) is 3. The van der Waals surface area contributed by atoms with E-state index in [2.05, 4.69) is 54.1 Å². The molecule has 1 N–H and O–H groups in total. The number of aliphatic hydroxyl groups is 1. The van der Waals surface area contributed by atoms with Crippen molar-refractivity contribution in [3.8, 4) is 0 Å². The molecule has 3 rings (SSSR count). The number of likely N-dealkylation sites (tertiary alicyclic amines) is 1. The van der Waals surface area contributed by atoms with Crippen molar-refractivity contribution in [1.82, 2.24) is 9.91 Å². The molecule has 0 unspecified atom stereocenters. The maximum atomic E-state index is 10.4. The van der Waals surface area contributed by atoms with Gasteiger partial charge in [-0.25, -0.2) is 0 Å². The van der Waals surface area contributed by atoms with Crippen LogP contribution in [0.2, 0.25) is 0 Å².